The average Bonchev–Trinajstić information content (AvgIpc) is 2.90. The first-order chi connectivity index (χ1) is 17.2. The van der Waals surface area contributed by atoms with Crippen molar-refractivity contribution in [2.24, 2.45) is 11.8 Å². The highest BCUT2D eigenvalue weighted by molar-refractivity contribution is 7.89. The summed E-state index contributed by atoms with van der Waals surface area (Å²) in [6.07, 6.45) is 4.43. The van der Waals surface area contributed by atoms with Crippen LogP contribution in [0.2, 0.25) is 0 Å². The highest BCUT2D eigenvalue weighted by atomic mass is 32.2. The number of carbonyl (C=O) groups is 3. The zero-order chi connectivity index (χ0) is 26.3. The summed E-state index contributed by atoms with van der Waals surface area (Å²) in [5, 5.41) is 18.7. The lowest BCUT2D eigenvalue weighted by molar-refractivity contribution is -0.145. The topological polar surface area (TPSA) is 154 Å². The number of rotatable bonds is 10. The first-order valence-electron chi connectivity index (χ1n) is 12.3. The molecule has 0 aromatic heterocycles. The number of carbonyl (C=O) groups excluding carboxylic acids is 2. The molecule has 3 N–H and O–H groups in total. The molecule has 2 aliphatic rings. The summed E-state index contributed by atoms with van der Waals surface area (Å²) in [7, 11) is -2.76. The molecule has 0 spiro atoms. The Hall–Kier alpha value is -2.70. The molecule has 36 heavy (non-hydrogen) atoms. The molecule has 2 amide bonds. The minimum Gasteiger partial charge on any atom is -0.497 e. The lowest BCUT2D eigenvalue weighted by atomic mass is 9.83. The summed E-state index contributed by atoms with van der Waals surface area (Å²) >= 11 is 0. The molecule has 3 rings (SSSR count). The van der Waals surface area contributed by atoms with Crippen LogP contribution in [0.15, 0.2) is 29.2 Å². The molecule has 1 aliphatic carbocycles. The third kappa shape index (κ3) is 6.54. The molecule has 1 heterocycles. The number of amides is 2. The van der Waals surface area contributed by atoms with Crippen molar-refractivity contribution >= 4 is 27.8 Å². The van der Waals surface area contributed by atoms with Crippen LogP contribution in [-0.2, 0) is 24.4 Å². The number of benzene rings is 1. The number of carboxylic acids is 1. The van der Waals surface area contributed by atoms with Crippen molar-refractivity contribution < 1.29 is 37.9 Å². The van der Waals surface area contributed by atoms with Gasteiger partial charge in [-0.25, -0.2) is 13.9 Å². The fourth-order valence-corrected chi connectivity index (χ4v) is 6.78. The maximum absolute atomic E-state index is 13.8. The van der Waals surface area contributed by atoms with Crippen molar-refractivity contribution in [3.63, 3.8) is 0 Å². The van der Waals surface area contributed by atoms with Crippen LogP contribution in [0.5, 0.6) is 5.75 Å². The van der Waals surface area contributed by atoms with E-state index in [9.17, 15) is 33.1 Å². The van der Waals surface area contributed by atoms with Gasteiger partial charge in [0.25, 0.3) is 5.91 Å². The highest BCUT2D eigenvalue weighted by Crippen LogP contribution is 2.33. The minimum atomic E-state index is -4.22. The first kappa shape index (κ1) is 27.9. The molecule has 0 bridgehead atoms. The molecule has 1 saturated heterocycles. The van der Waals surface area contributed by atoms with Crippen LogP contribution in [0.3, 0.4) is 0 Å². The molecule has 1 unspecified atom stereocenters. The molecular formula is C24H35N3O8S. The van der Waals surface area contributed by atoms with E-state index in [0.29, 0.717) is 31.4 Å². The molecule has 1 aliphatic heterocycles. The fourth-order valence-electron chi connectivity index (χ4n) is 5.13. The predicted octanol–water partition coefficient (Wildman–Crippen LogP) is 1.85. The van der Waals surface area contributed by atoms with Crippen molar-refractivity contribution in [3.8, 4) is 5.75 Å². The van der Waals surface area contributed by atoms with E-state index in [1.807, 2.05) is 0 Å². The van der Waals surface area contributed by atoms with Gasteiger partial charge in [0.1, 0.15) is 11.8 Å². The van der Waals surface area contributed by atoms with Crippen LogP contribution in [-0.4, -0.2) is 78.5 Å². The molecule has 1 aromatic rings. The van der Waals surface area contributed by atoms with E-state index < -0.39 is 33.9 Å². The van der Waals surface area contributed by atoms with Gasteiger partial charge in [-0.2, -0.15) is 4.31 Å². The monoisotopic (exact) mass is 525 g/mol. The second-order valence-electron chi connectivity index (χ2n) is 9.35. The molecule has 2 fully saturated rings. The summed E-state index contributed by atoms with van der Waals surface area (Å²) in [5.74, 6) is -2.35. The van der Waals surface area contributed by atoms with Gasteiger partial charge in [-0.15, -0.1) is 0 Å². The van der Waals surface area contributed by atoms with Crippen molar-refractivity contribution in [2.75, 3.05) is 26.7 Å². The normalized spacial score (nSPS) is 18.6. The Bertz CT molecular complexity index is 1020. The van der Waals surface area contributed by atoms with Crippen LogP contribution in [0.25, 0.3) is 0 Å². The third-order valence-corrected chi connectivity index (χ3v) is 9.09. The third-order valence-electron chi connectivity index (χ3n) is 7.19. The number of hydroxylamine groups is 1. The van der Waals surface area contributed by atoms with E-state index in [0.717, 1.165) is 23.6 Å². The number of likely N-dealkylation sites (tertiary alicyclic amines) is 1. The van der Waals surface area contributed by atoms with E-state index >= 15 is 0 Å². The standard InChI is InChI=1S/C24H35N3O8S/c1-35-19-7-9-20(10-8-19)36(33,34)27(22(23(29)25-32)17-5-3-2-4-6-17)16-13-21(28)26-14-11-18(12-15-26)24(30)31/h7-10,17-18,22,32H,2-6,11-16H2,1H3,(H,25,29)(H,30,31). The van der Waals surface area contributed by atoms with Gasteiger partial charge in [0.05, 0.1) is 17.9 Å². The number of hydrogen-bond acceptors (Lipinski definition) is 7. The van der Waals surface area contributed by atoms with Crippen molar-refractivity contribution in [1.82, 2.24) is 14.7 Å². The van der Waals surface area contributed by atoms with Gasteiger partial charge in [0, 0.05) is 26.1 Å². The van der Waals surface area contributed by atoms with Crippen LogP contribution >= 0.6 is 0 Å². The Morgan fingerprint density at radius 1 is 1.08 bits per heavy atom. The van der Waals surface area contributed by atoms with Crippen LogP contribution in [0.1, 0.15) is 51.4 Å². The molecule has 1 aromatic carbocycles. The van der Waals surface area contributed by atoms with Gasteiger partial charge < -0.3 is 14.7 Å². The second-order valence-corrected chi connectivity index (χ2v) is 11.2. The number of piperidine rings is 1. The Morgan fingerprint density at radius 3 is 2.22 bits per heavy atom. The van der Waals surface area contributed by atoms with Crippen LogP contribution in [0.4, 0.5) is 0 Å². The summed E-state index contributed by atoms with van der Waals surface area (Å²) < 4.78 is 33.7. The summed E-state index contributed by atoms with van der Waals surface area (Å²) in [6, 6.07) is 4.60. The fraction of sp³-hybridized carbons (Fsp3) is 0.625. The molecule has 200 valence electrons. The smallest absolute Gasteiger partial charge is 0.306 e. The number of methoxy groups -OCH3 is 1. The number of carboxylic acid groups (broad SMARTS) is 1. The Balaban J connectivity index is 1.86. The zero-order valence-electron chi connectivity index (χ0n) is 20.5. The molecular weight excluding hydrogens is 490 g/mol. The van der Waals surface area contributed by atoms with Crippen molar-refractivity contribution in [2.45, 2.75) is 62.3 Å². The van der Waals surface area contributed by atoms with Crippen molar-refractivity contribution in [1.29, 1.82) is 0 Å². The second kappa shape index (κ2) is 12.5. The lowest BCUT2D eigenvalue weighted by Gasteiger charge is -2.37. The Morgan fingerprint density at radius 2 is 1.69 bits per heavy atom. The van der Waals surface area contributed by atoms with Gasteiger partial charge >= 0.3 is 5.97 Å². The lowest BCUT2D eigenvalue weighted by Crippen LogP contribution is -2.54. The minimum absolute atomic E-state index is 0.0513. The molecule has 1 saturated carbocycles. The quantitative estimate of drug-likeness (QED) is 0.309. The van der Waals surface area contributed by atoms with Crippen LogP contribution < -0.4 is 10.2 Å². The van der Waals surface area contributed by atoms with Crippen molar-refractivity contribution in [3.05, 3.63) is 24.3 Å². The molecule has 12 heteroatoms. The number of sulfonamides is 1. The number of nitrogens with one attached hydrogen (secondary N) is 1. The maximum atomic E-state index is 13.8. The van der Waals surface area contributed by atoms with Gasteiger partial charge in [-0.3, -0.25) is 19.6 Å². The summed E-state index contributed by atoms with van der Waals surface area (Å²) in [4.78, 5) is 38.5. The van der Waals surface area contributed by atoms with Gasteiger partial charge in [0.15, 0.2) is 0 Å². The average molecular weight is 526 g/mol. The van der Waals surface area contributed by atoms with E-state index in [2.05, 4.69) is 0 Å². The summed E-state index contributed by atoms with van der Waals surface area (Å²) in [6.45, 7) is 0.315. The number of hydrogen-bond donors (Lipinski definition) is 3. The number of aliphatic carboxylic acids is 1. The predicted molar refractivity (Wildman–Crippen MR) is 129 cm³/mol. The Kier molecular flexibility index (Phi) is 9.69. The van der Waals surface area contributed by atoms with E-state index in [4.69, 9.17) is 4.74 Å². The van der Waals surface area contributed by atoms with Crippen LogP contribution in [0, 0.1) is 11.8 Å². The number of nitrogens with zero attached hydrogens (tertiary/aromatic N) is 2. The molecule has 1 atom stereocenters. The molecule has 11 nitrogen and oxygen atoms in total. The highest BCUT2D eigenvalue weighted by Gasteiger charge is 2.41. The van der Waals surface area contributed by atoms with Gasteiger partial charge in [-0.1, -0.05) is 19.3 Å². The van der Waals surface area contributed by atoms with E-state index in [-0.39, 0.29) is 42.8 Å². The summed E-state index contributed by atoms with van der Waals surface area (Å²) in [5.41, 5.74) is 1.64. The largest absolute Gasteiger partial charge is 0.497 e. The van der Waals surface area contributed by atoms with Gasteiger partial charge in [0.2, 0.25) is 15.9 Å². The number of ether oxygens (including phenoxy) is 1. The first-order valence-corrected chi connectivity index (χ1v) is 13.7. The maximum Gasteiger partial charge on any atom is 0.306 e. The SMILES string of the molecule is COc1ccc(S(=O)(=O)N(CCC(=O)N2CCC(C(=O)O)CC2)C(C(=O)NO)C2CCCCC2)cc1. The van der Waals surface area contributed by atoms with E-state index in [1.165, 1.54) is 31.4 Å². The van der Waals surface area contributed by atoms with Gasteiger partial charge in [-0.05, 0) is 55.9 Å². The molecule has 0 radical (unpaired) electrons. The zero-order valence-corrected chi connectivity index (χ0v) is 21.3. The Labute approximate surface area is 211 Å². The van der Waals surface area contributed by atoms with E-state index in [1.54, 1.807) is 10.4 Å².